The fourth-order valence-corrected chi connectivity index (χ4v) is 2.65. The lowest BCUT2D eigenvalue weighted by Gasteiger charge is -2.15. The van der Waals surface area contributed by atoms with Crippen molar-refractivity contribution < 1.29 is 4.79 Å². The van der Waals surface area contributed by atoms with E-state index in [1.54, 1.807) is 11.3 Å². The first-order valence-electron chi connectivity index (χ1n) is 6.22. The van der Waals surface area contributed by atoms with Crippen LogP contribution in [0.15, 0.2) is 29.1 Å². The standard InChI is InChI=1S/C15H18N2OS/c1-11-4-5-14(12(2)6-11)15(18)8-17(3)7-13-9-19-10-16-13/h4-6,9-10H,7-8H2,1-3H3. The topological polar surface area (TPSA) is 33.2 Å². The van der Waals surface area contributed by atoms with Gasteiger partial charge in [0.1, 0.15) is 0 Å². The van der Waals surface area contributed by atoms with Gasteiger partial charge in [-0.05, 0) is 26.5 Å². The fourth-order valence-electron chi connectivity index (χ4n) is 2.10. The van der Waals surface area contributed by atoms with Gasteiger partial charge in [-0.3, -0.25) is 9.69 Å². The van der Waals surface area contributed by atoms with Crippen LogP contribution in [0.25, 0.3) is 0 Å². The van der Waals surface area contributed by atoms with Crippen molar-refractivity contribution in [1.29, 1.82) is 0 Å². The molecule has 0 atom stereocenters. The van der Waals surface area contributed by atoms with Gasteiger partial charge in [-0.2, -0.15) is 0 Å². The summed E-state index contributed by atoms with van der Waals surface area (Å²) in [6.07, 6.45) is 0. The molecule has 0 N–H and O–H groups in total. The van der Waals surface area contributed by atoms with Crippen LogP contribution in [0.3, 0.4) is 0 Å². The summed E-state index contributed by atoms with van der Waals surface area (Å²) in [6.45, 7) is 5.15. The van der Waals surface area contributed by atoms with Crippen LogP contribution < -0.4 is 0 Å². The molecule has 0 saturated carbocycles. The highest BCUT2D eigenvalue weighted by molar-refractivity contribution is 7.07. The van der Waals surface area contributed by atoms with Gasteiger partial charge < -0.3 is 0 Å². The van der Waals surface area contributed by atoms with E-state index in [2.05, 4.69) is 4.98 Å². The Morgan fingerprint density at radius 1 is 1.37 bits per heavy atom. The van der Waals surface area contributed by atoms with E-state index in [0.717, 1.165) is 16.8 Å². The zero-order valence-corrected chi connectivity index (χ0v) is 12.3. The highest BCUT2D eigenvalue weighted by Crippen LogP contribution is 2.12. The molecule has 2 aromatic rings. The van der Waals surface area contributed by atoms with Gasteiger partial charge in [0.25, 0.3) is 0 Å². The summed E-state index contributed by atoms with van der Waals surface area (Å²) in [6, 6.07) is 5.96. The van der Waals surface area contributed by atoms with Gasteiger partial charge in [-0.1, -0.05) is 23.8 Å². The van der Waals surface area contributed by atoms with E-state index in [9.17, 15) is 4.79 Å². The number of aromatic nitrogens is 1. The molecule has 0 aliphatic carbocycles. The van der Waals surface area contributed by atoms with Crippen LogP contribution in [-0.4, -0.2) is 29.3 Å². The summed E-state index contributed by atoms with van der Waals surface area (Å²) >= 11 is 1.58. The predicted octanol–water partition coefficient (Wildman–Crippen LogP) is 3.07. The third kappa shape index (κ3) is 3.72. The van der Waals surface area contributed by atoms with Crippen molar-refractivity contribution >= 4 is 17.1 Å². The number of carbonyl (C=O) groups is 1. The SMILES string of the molecule is Cc1ccc(C(=O)CN(C)Cc2cscn2)c(C)c1. The summed E-state index contributed by atoms with van der Waals surface area (Å²) in [5.41, 5.74) is 5.88. The van der Waals surface area contributed by atoms with Crippen LogP contribution in [0, 0.1) is 13.8 Å². The molecule has 0 aliphatic rings. The second-order valence-electron chi connectivity index (χ2n) is 4.89. The molecule has 0 fully saturated rings. The molecule has 1 heterocycles. The summed E-state index contributed by atoms with van der Waals surface area (Å²) in [7, 11) is 1.95. The van der Waals surface area contributed by atoms with Gasteiger partial charge in [0.2, 0.25) is 0 Å². The van der Waals surface area contributed by atoms with Gasteiger partial charge in [0.15, 0.2) is 5.78 Å². The summed E-state index contributed by atoms with van der Waals surface area (Å²) in [4.78, 5) is 18.5. The van der Waals surface area contributed by atoms with Crippen molar-refractivity contribution in [3.05, 3.63) is 51.5 Å². The number of aryl methyl sites for hydroxylation is 2. The zero-order valence-electron chi connectivity index (χ0n) is 11.5. The molecular formula is C15H18N2OS. The highest BCUT2D eigenvalue weighted by Gasteiger charge is 2.12. The van der Waals surface area contributed by atoms with Gasteiger partial charge in [-0.25, -0.2) is 4.98 Å². The lowest BCUT2D eigenvalue weighted by molar-refractivity contribution is 0.0942. The summed E-state index contributed by atoms with van der Waals surface area (Å²) in [5.74, 6) is 0.162. The molecule has 0 amide bonds. The number of Topliss-reactive ketones (excluding diaryl/α,β-unsaturated/α-hetero) is 1. The molecule has 1 aromatic heterocycles. The molecule has 0 radical (unpaired) electrons. The molecule has 4 heteroatoms. The lowest BCUT2D eigenvalue weighted by Crippen LogP contribution is -2.26. The van der Waals surface area contributed by atoms with E-state index in [1.165, 1.54) is 5.56 Å². The smallest absolute Gasteiger partial charge is 0.177 e. The highest BCUT2D eigenvalue weighted by atomic mass is 32.1. The fraction of sp³-hybridized carbons (Fsp3) is 0.333. The molecule has 0 spiro atoms. The average Bonchev–Trinajstić information content (AvgIpc) is 2.81. The molecule has 100 valence electrons. The summed E-state index contributed by atoms with van der Waals surface area (Å²) in [5, 5.41) is 2.01. The number of thiazole rings is 1. The minimum absolute atomic E-state index is 0.162. The quantitative estimate of drug-likeness (QED) is 0.786. The molecule has 0 bridgehead atoms. The minimum atomic E-state index is 0.162. The van der Waals surface area contributed by atoms with E-state index in [1.807, 2.05) is 54.9 Å². The van der Waals surface area contributed by atoms with Gasteiger partial charge in [0, 0.05) is 17.5 Å². The monoisotopic (exact) mass is 274 g/mol. The van der Waals surface area contributed by atoms with Crippen molar-refractivity contribution in [3.8, 4) is 0 Å². The van der Waals surface area contributed by atoms with Crippen molar-refractivity contribution in [2.45, 2.75) is 20.4 Å². The number of carbonyl (C=O) groups excluding carboxylic acids is 1. The third-order valence-electron chi connectivity index (χ3n) is 3.01. The maximum Gasteiger partial charge on any atom is 0.177 e. The number of likely N-dealkylation sites (N-methyl/N-ethyl adjacent to an activating group) is 1. The van der Waals surface area contributed by atoms with Gasteiger partial charge in [-0.15, -0.1) is 11.3 Å². The van der Waals surface area contributed by atoms with Crippen LogP contribution >= 0.6 is 11.3 Å². The minimum Gasteiger partial charge on any atom is -0.293 e. The number of hydrogen-bond acceptors (Lipinski definition) is 4. The number of hydrogen-bond donors (Lipinski definition) is 0. The van der Waals surface area contributed by atoms with Crippen molar-refractivity contribution in [2.24, 2.45) is 0 Å². The largest absolute Gasteiger partial charge is 0.293 e. The number of ketones is 1. The van der Waals surface area contributed by atoms with Crippen LogP contribution in [0.1, 0.15) is 27.2 Å². The van der Waals surface area contributed by atoms with Crippen LogP contribution in [0.5, 0.6) is 0 Å². The second kappa shape index (κ2) is 6.08. The molecule has 3 nitrogen and oxygen atoms in total. The zero-order chi connectivity index (χ0) is 13.8. The molecule has 0 aliphatic heterocycles. The maximum atomic E-state index is 12.3. The van der Waals surface area contributed by atoms with E-state index < -0.39 is 0 Å². The maximum absolute atomic E-state index is 12.3. The Labute approximate surface area is 117 Å². The predicted molar refractivity (Wildman–Crippen MR) is 78.7 cm³/mol. The first-order valence-corrected chi connectivity index (χ1v) is 7.16. The van der Waals surface area contributed by atoms with E-state index in [4.69, 9.17) is 0 Å². The first-order chi connectivity index (χ1) is 9.06. The molecule has 1 aromatic carbocycles. The Kier molecular flexibility index (Phi) is 4.45. The normalized spacial score (nSPS) is 10.9. The number of nitrogens with zero attached hydrogens (tertiary/aromatic N) is 2. The van der Waals surface area contributed by atoms with Crippen molar-refractivity contribution in [2.75, 3.05) is 13.6 Å². The van der Waals surface area contributed by atoms with Crippen LogP contribution in [0.4, 0.5) is 0 Å². The average molecular weight is 274 g/mol. The van der Waals surface area contributed by atoms with Gasteiger partial charge >= 0.3 is 0 Å². The van der Waals surface area contributed by atoms with E-state index in [0.29, 0.717) is 13.1 Å². The molecule has 0 unspecified atom stereocenters. The molecule has 2 rings (SSSR count). The Balaban J connectivity index is 2.00. The van der Waals surface area contributed by atoms with E-state index in [-0.39, 0.29) is 5.78 Å². The Morgan fingerprint density at radius 3 is 2.79 bits per heavy atom. The van der Waals surface area contributed by atoms with Crippen molar-refractivity contribution in [3.63, 3.8) is 0 Å². The van der Waals surface area contributed by atoms with E-state index >= 15 is 0 Å². The van der Waals surface area contributed by atoms with Gasteiger partial charge in [0.05, 0.1) is 17.7 Å². The lowest BCUT2D eigenvalue weighted by atomic mass is 10.0. The number of benzene rings is 1. The second-order valence-corrected chi connectivity index (χ2v) is 5.61. The van der Waals surface area contributed by atoms with Crippen molar-refractivity contribution in [1.82, 2.24) is 9.88 Å². The van der Waals surface area contributed by atoms with Crippen LogP contribution in [0.2, 0.25) is 0 Å². The Morgan fingerprint density at radius 2 is 2.16 bits per heavy atom. The summed E-state index contributed by atoms with van der Waals surface area (Å²) < 4.78 is 0. The van der Waals surface area contributed by atoms with Crippen LogP contribution in [-0.2, 0) is 6.54 Å². The number of rotatable bonds is 5. The molecule has 19 heavy (non-hydrogen) atoms. The third-order valence-corrected chi connectivity index (χ3v) is 3.65. The molecular weight excluding hydrogens is 256 g/mol. The first kappa shape index (κ1) is 13.9. The molecule has 0 saturated heterocycles. The Hall–Kier alpha value is -1.52. The Bertz CT molecular complexity index is 564.